The summed E-state index contributed by atoms with van der Waals surface area (Å²) in [6.07, 6.45) is 65.1. The van der Waals surface area contributed by atoms with Crippen LogP contribution in [0.4, 0.5) is 0 Å². The molecule has 1 heterocycles. The molecule has 1 rings (SSSR count). The summed E-state index contributed by atoms with van der Waals surface area (Å²) in [5.41, 5.74) is 0. The zero-order valence-corrected chi connectivity index (χ0v) is 49.7. The van der Waals surface area contributed by atoms with Gasteiger partial charge in [-0.15, -0.1) is 0 Å². The summed E-state index contributed by atoms with van der Waals surface area (Å²) >= 11 is 0. The normalized spacial score (nSPS) is 19.7. The average molecular weight is 1100 g/mol. The second-order valence-corrected chi connectivity index (χ2v) is 21.0. The second kappa shape index (κ2) is 54.6. The number of amides is 1. The lowest BCUT2D eigenvalue weighted by molar-refractivity contribution is -0.305. The van der Waals surface area contributed by atoms with Crippen LogP contribution in [-0.2, 0) is 23.8 Å². The summed E-state index contributed by atoms with van der Waals surface area (Å²) in [7, 11) is 0. The SMILES string of the molecule is CC/C=C\C/C=C\C/C=C\C/C=C\C/C=C\CCCCC(O)C(=O)NC(COC1OC(CO)C(O)C(O)C1OC(=O)CCCCC/C=C\C/C=C\C/C=C\C/C=C\CCCCC)C(O)/C=C/CCCCCCCCCCCCC. The molecule has 1 aliphatic heterocycles. The maximum absolute atomic E-state index is 13.4. The Kier molecular flexibility index (Phi) is 50.5. The molecule has 0 saturated carbocycles. The molecular weight excluding hydrogens is 991 g/mol. The van der Waals surface area contributed by atoms with Crippen molar-refractivity contribution in [3.05, 3.63) is 122 Å². The van der Waals surface area contributed by atoms with Crippen LogP contribution in [0.3, 0.4) is 0 Å². The Balaban J connectivity index is 2.75. The molecule has 11 nitrogen and oxygen atoms in total. The number of nitrogens with one attached hydrogen (secondary N) is 1. The Hall–Kier alpha value is -3.94. The van der Waals surface area contributed by atoms with Gasteiger partial charge in [-0.05, 0) is 116 Å². The van der Waals surface area contributed by atoms with Crippen molar-refractivity contribution >= 4 is 11.9 Å². The molecule has 11 heteroatoms. The van der Waals surface area contributed by atoms with Crippen LogP contribution in [0.25, 0.3) is 0 Å². The summed E-state index contributed by atoms with van der Waals surface area (Å²) in [6, 6.07) is -1.06. The lowest BCUT2D eigenvalue weighted by atomic mass is 9.99. The molecule has 450 valence electrons. The highest BCUT2D eigenvalue weighted by molar-refractivity contribution is 5.80. The number of rotatable bonds is 51. The van der Waals surface area contributed by atoms with Crippen LogP contribution >= 0.6 is 0 Å². The van der Waals surface area contributed by atoms with Gasteiger partial charge in [-0.2, -0.15) is 0 Å². The van der Waals surface area contributed by atoms with E-state index < -0.39 is 67.4 Å². The van der Waals surface area contributed by atoms with Gasteiger partial charge in [-0.3, -0.25) is 9.59 Å². The largest absolute Gasteiger partial charge is 0.454 e. The Bertz CT molecular complexity index is 1740. The maximum Gasteiger partial charge on any atom is 0.306 e. The number of carbonyl (C=O) groups is 2. The molecule has 8 atom stereocenters. The molecule has 1 aliphatic rings. The predicted octanol–water partition coefficient (Wildman–Crippen LogP) is 15.1. The van der Waals surface area contributed by atoms with Crippen molar-refractivity contribution in [2.24, 2.45) is 0 Å². The van der Waals surface area contributed by atoms with Crippen molar-refractivity contribution in [3.8, 4) is 0 Å². The molecule has 1 amide bonds. The Labute approximate surface area is 480 Å². The molecule has 0 spiro atoms. The number of aliphatic hydroxyl groups excluding tert-OH is 5. The van der Waals surface area contributed by atoms with Crippen LogP contribution in [0.2, 0.25) is 0 Å². The third kappa shape index (κ3) is 42.6. The molecule has 0 aromatic heterocycles. The standard InChI is InChI=1S/C68H113NO10/c1-4-7-10-13-16-19-22-25-27-29-31-33-35-38-41-44-47-50-53-56-63(73)79-66-65(75)64(74)62(57-70)78-68(66)77-58-59(60(71)54-51-48-45-42-39-36-24-21-18-15-12-9-6-3)69-67(76)61(72)55-52-49-46-43-40-37-34-32-30-28-26-23-20-17-14-11-8-5-2/h8,11,16-17,19-20,25-28,31-34,38,40-41,43,51,54,59-62,64-66,68,70-72,74-75H,4-7,9-10,12-15,18,21-24,29-30,35-37,39,42,44-50,52-53,55-58H2,1-3H3,(H,69,76)/b11-8-,19-16-,20-17-,27-25-,28-26-,33-31-,34-32-,41-38-,43-40-,54-51+. The second-order valence-electron chi connectivity index (χ2n) is 21.0. The van der Waals surface area contributed by atoms with Gasteiger partial charge in [-0.1, -0.05) is 232 Å². The van der Waals surface area contributed by atoms with Gasteiger partial charge in [0.25, 0.3) is 0 Å². The predicted molar refractivity (Wildman–Crippen MR) is 328 cm³/mol. The lowest BCUT2D eigenvalue weighted by Gasteiger charge is -2.41. The number of carbonyl (C=O) groups excluding carboxylic acids is 2. The van der Waals surface area contributed by atoms with E-state index in [4.69, 9.17) is 14.2 Å². The van der Waals surface area contributed by atoms with Crippen molar-refractivity contribution in [2.75, 3.05) is 13.2 Å². The zero-order chi connectivity index (χ0) is 57.5. The van der Waals surface area contributed by atoms with E-state index in [1.165, 1.54) is 70.6 Å². The average Bonchev–Trinajstić information content (AvgIpc) is 3.49. The smallest absolute Gasteiger partial charge is 0.306 e. The van der Waals surface area contributed by atoms with Crippen molar-refractivity contribution in [1.29, 1.82) is 0 Å². The number of ether oxygens (including phenoxy) is 3. The molecule has 6 N–H and O–H groups in total. The van der Waals surface area contributed by atoms with Gasteiger partial charge in [0.2, 0.25) is 5.91 Å². The highest BCUT2D eigenvalue weighted by Crippen LogP contribution is 2.26. The number of hydrogen-bond donors (Lipinski definition) is 6. The first-order chi connectivity index (χ1) is 38.7. The highest BCUT2D eigenvalue weighted by Gasteiger charge is 2.47. The number of unbranched alkanes of at least 4 members (excludes halogenated alkanes) is 19. The summed E-state index contributed by atoms with van der Waals surface area (Å²) in [6.45, 7) is 5.60. The number of esters is 1. The molecule has 1 saturated heterocycles. The van der Waals surface area contributed by atoms with E-state index in [1.807, 2.05) is 6.08 Å². The first-order valence-electron chi connectivity index (χ1n) is 31.3. The van der Waals surface area contributed by atoms with E-state index in [-0.39, 0.29) is 19.4 Å². The van der Waals surface area contributed by atoms with Gasteiger partial charge in [0.15, 0.2) is 12.4 Å². The minimum atomic E-state index is -1.64. The fourth-order valence-corrected chi connectivity index (χ4v) is 8.89. The van der Waals surface area contributed by atoms with Gasteiger partial charge >= 0.3 is 5.97 Å². The third-order valence-electron chi connectivity index (χ3n) is 13.8. The molecule has 79 heavy (non-hydrogen) atoms. The van der Waals surface area contributed by atoms with Crippen LogP contribution in [-0.4, -0.2) is 99.6 Å². The topological polar surface area (TPSA) is 175 Å². The van der Waals surface area contributed by atoms with Crippen molar-refractivity contribution in [1.82, 2.24) is 5.32 Å². The molecule has 1 fully saturated rings. The van der Waals surface area contributed by atoms with E-state index >= 15 is 0 Å². The van der Waals surface area contributed by atoms with E-state index in [1.54, 1.807) is 6.08 Å². The summed E-state index contributed by atoms with van der Waals surface area (Å²) in [5.74, 6) is -1.27. The van der Waals surface area contributed by atoms with Crippen molar-refractivity contribution in [2.45, 2.75) is 282 Å². The summed E-state index contributed by atoms with van der Waals surface area (Å²) < 4.78 is 17.6. The zero-order valence-electron chi connectivity index (χ0n) is 49.7. The molecular formula is C68H113NO10. The van der Waals surface area contributed by atoms with Gasteiger partial charge in [0.1, 0.15) is 24.4 Å². The monoisotopic (exact) mass is 1100 g/mol. The van der Waals surface area contributed by atoms with Crippen LogP contribution in [0, 0.1) is 0 Å². The maximum atomic E-state index is 13.4. The quantitative estimate of drug-likeness (QED) is 0.0195. The van der Waals surface area contributed by atoms with Gasteiger partial charge in [0.05, 0.1) is 25.4 Å². The van der Waals surface area contributed by atoms with Crippen molar-refractivity contribution in [3.63, 3.8) is 0 Å². The van der Waals surface area contributed by atoms with Gasteiger partial charge in [-0.25, -0.2) is 0 Å². The Morgan fingerprint density at radius 3 is 1.39 bits per heavy atom. The molecule has 0 radical (unpaired) electrons. The highest BCUT2D eigenvalue weighted by atomic mass is 16.7. The third-order valence-corrected chi connectivity index (χ3v) is 13.8. The molecule has 0 aromatic carbocycles. The molecule has 8 unspecified atom stereocenters. The van der Waals surface area contributed by atoms with Gasteiger partial charge in [0, 0.05) is 6.42 Å². The lowest BCUT2D eigenvalue weighted by Crippen LogP contribution is -2.61. The molecule has 0 aliphatic carbocycles. The molecule has 0 bridgehead atoms. The Morgan fingerprint density at radius 1 is 0.506 bits per heavy atom. The summed E-state index contributed by atoms with van der Waals surface area (Å²) in [5, 5.41) is 57.0. The van der Waals surface area contributed by atoms with Crippen LogP contribution in [0.15, 0.2) is 122 Å². The minimum Gasteiger partial charge on any atom is -0.454 e. The first kappa shape index (κ1) is 73.1. The van der Waals surface area contributed by atoms with E-state index in [2.05, 4.69) is 135 Å². The molecule has 0 aromatic rings. The van der Waals surface area contributed by atoms with Crippen LogP contribution in [0.1, 0.15) is 233 Å². The van der Waals surface area contributed by atoms with Crippen LogP contribution in [0.5, 0.6) is 0 Å². The number of allylic oxidation sites excluding steroid dienone is 19. The van der Waals surface area contributed by atoms with Crippen LogP contribution < -0.4 is 5.32 Å². The summed E-state index contributed by atoms with van der Waals surface area (Å²) in [4.78, 5) is 26.6. The fourth-order valence-electron chi connectivity index (χ4n) is 8.89. The van der Waals surface area contributed by atoms with E-state index in [9.17, 15) is 35.1 Å². The Morgan fingerprint density at radius 2 is 0.911 bits per heavy atom. The number of hydrogen-bond acceptors (Lipinski definition) is 10. The van der Waals surface area contributed by atoms with Crippen molar-refractivity contribution < 1.29 is 49.3 Å². The fraction of sp³-hybridized carbons (Fsp3) is 0.676. The van der Waals surface area contributed by atoms with Gasteiger partial charge < -0.3 is 45.1 Å². The number of aliphatic hydroxyl groups is 5. The van der Waals surface area contributed by atoms with E-state index in [0.29, 0.717) is 12.8 Å². The van der Waals surface area contributed by atoms with E-state index in [0.717, 1.165) is 116 Å². The minimum absolute atomic E-state index is 0.0750. The first-order valence-corrected chi connectivity index (χ1v) is 31.3.